The van der Waals surface area contributed by atoms with E-state index in [0.717, 1.165) is 12.1 Å². The van der Waals surface area contributed by atoms with Crippen molar-refractivity contribution in [2.75, 3.05) is 12.4 Å². The molecule has 0 radical (unpaired) electrons. The first-order valence-corrected chi connectivity index (χ1v) is 5.62. The summed E-state index contributed by atoms with van der Waals surface area (Å²) in [5.41, 5.74) is 1.86. The molecule has 1 fully saturated rings. The summed E-state index contributed by atoms with van der Waals surface area (Å²) < 4.78 is 0. The molecule has 1 amide bonds. The summed E-state index contributed by atoms with van der Waals surface area (Å²) in [7, 11) is 1.83. The minimum absolute atomic E-state index is 0.0144. The van der Waals surface area contributed by atoms with Crippen molar-refractivity contribution in [3.8, 4) is 0 Å². The van der Waals surface area contributed by atoms with E-state index in [9.17, 15) is 4.79 Å². The predicted octanol–water partition coefficient (Wildman–Crippen LogP) is 2.26. The second kappa shape index (κ2) is 3.81. The van der Waals surface area contributed by atoms with Crippen LogP contribution in [-0.4, -0.2) is 19.0 Å². The first-order valence-electron chi connectivity index (χ1n) is 5.62. The summed E-state index contributed by atoms with van der Waals surface area (Å²) in [5, 5.41) is 6.09. The molecule has 1 aliphatic carbocycles. The highest BCUT2D eigenvalue weighted by Gasteiger charge is 2.46. The third kappa shape index (κ3) is 2.03. The van der Waals surface area contributed by atoms with Gasteiger partial charge in [-0.3, -0.25) is 4.79 Å². The molecule has 86 valence electrons. The summed E-state index contributed by atoms with van der Waals surface area (Å²) in [6.07, 6.45) is 1.07. The largest absolute Gasteiger partial charge is 0.387 e. The number of nitrogens with one attached hydrogen (secondary N) is 2. The Labute approximate surface area is 96.2 Å². The number of carbonyl (C=O) groups excluding carboxylic acids is 1. The second-order valence-electron chi connectivity index (χ2n) is 5.01. The minimum atomic E-state index is 0.0144. The van der Waals surface area contributed by atoms with Gasteiger partial charge in [-0.2, -0.15) is 0 Å². The molecule has 0 spiro atoms. The molecule has 3 nitrogen and oxygen atoms in total. The molecule has 2 N–H and O–H groups in total. The number of para-hydroxylation sites is 1. The number of benzene rings is 1. The van der Waals surface area contributed by atoms with Crippen molar-refractivity contribution in [2.24, 2.45) is 5.41 Å². The average molecular weight is 218 g/mol. The highest BCUT2D eigenvalue weighted by Crippen LogP contribution is 2.44. The predicted molar refractivity (Wildman–Crippen MR) is 65.6 cm³/mol. The Morgan fingerprint density at radius 2 is 2.00 bits per heavy atom. The fourth-order valence-electron chi connectivity index (χ4n) is 1.85. The van der Waals surface area contributed by atoms with Gasteiger partial charge in [0.05, 0.1) is 5.56 Å². The number of rotatable bonds is 3. The summed E-state index contributed by atoms with van der Waals surface area (Å²) in [6, 6.07) is 7.88. The summed E-state index contributed by atoms with van der Waals surface area (Å²) in [4.78, 5) is 12.0. The molecule has 0 saturated heterocycles. The lowest BCUT2D eigenvalue weighted by Crippen LogP contribution is -2.28. The molecule has 1 aromatic rings. The molecule has 0 aromatic heterocycles. The fourth-order valence-corrected chi connectivity index (χ4v) is 1.85. The molecule has 3 heteroatoms. The third-order valence-corrected chi connectivity index (χ3v) is 3.26. The lowest BCUT2D eigenvalue weighted by atomic mass is 10.1. The number of anilines is 1. The Bertz CT molecular complexity index is 412. The molecule has 1 unspecified atom stereocenters. The number of hydrogen-bond donors (Lipinski definition) is 2. The topological polar surface area (TPSA) is 41.1 Å². The monoisotopic (exact) mass is 218 g/mol. The smallest absolute Gasteiger partial charge is 0.253 e. The van der Waals surface area contributed by atoms with Gasteiger partial charge in [-0.1, -0.05) is 26.0 Å². The maximum absolute atomic E-state index is 12.0. The Hall–Kier alpha value is -1.51. The Balaban J connectivity index is 2.09. The minimum Gasteiger partial charge on any atom is -0.387 e. The van der Waals surface area contributed by atoms with Crippen LogP contribution in [0.1, 0.15) is 30.6 Å². The van der Waals surface area contributed by atoms with E-state index in [2.05, 4.69) is 24.5 Å². The lowest BCUT2D eigenvalue weighted by Gasteiger charge is -2.10. The SMILES string of the molecule is CNc1ccccc1C(=O)NC1CC1(C)C. The molecule has 2 rings (SSSR count). The number of amides is 1. The Morgan fingerprint density at radius 3 is 2.56 bits per heavy atom. The number of hydrogen-bond acceptors (Lipinski definition) is 2. The normalized spacial score (nSPS) is 21.3. The van der Waals surface area contributed by atoms with Crippen LogP contribution in [0.4, 0.5) is 5.69 Å². The molecule has 1 aliphatic rings. The van der Waals surface area contributed by atoms with Crippen molar-refractivity contribution in [2.45, 2.75) is 26.3 Å². The van der Waals surface area contributed by atoms with Crippen molar-refractivity contribution in [3.05, 3.63) is 29.8 Å². The van der Waals surface area contributed by atoms with E-state index in [0.29, 0.717) is 11.6 Å². The van der Waals surface area contributed by atoms with E-state index in [1.807, 2.05) is 31.3 Å². The van der Waals surface area contributed by atoms with E-state index in [-0.39, 0.29) is 11.3 Å². The maximum Gasteiger partial charge on any atom is 0.253 e. The lowest BCUT2D eigenvalue weighted by molar-refractivity contribution is 0.0947. The van der Waals surface area contributed by atoms with Crippen LogP contribution in [0.3, 0.4) is 0 Å². The molecule has 1 atom stereocenters. The molecule has 0 aliphatic heterocycles. The van der Waals surface area contributed by atoms with Gasteiger partial charge >= 0.3 is 0 Å². The van der Waals surface area contributed by atoms with E-state index in [1.54, 1.807) is 0 Å². The maximum atomic E-state index is 12.0. The van der Waals surface area contributed by atoms with Gasteiger partial charge in [-0.25, -0.2) is 0 Å². The molecular weight excluding hydrogens is 200 g/mol. The fraction of sp³-hybridized carbons (Fsp3) is 0.462. The first-order chi connectivity index (χ1) is 7.54. The van der Waals surface area contributed by atoms with Crippen LogP contribution >= 0.6 is 0 Å². The third-order valence-electron chi connectivity index (χ3n) is 3.26. The molecule has 1 saturated carbocycles. The quantitative estimate of drug-likeness (QED) is 0.817. The van der Waals surface area contributed by atoms with Crippen LogP contribution in [0.2, 0.25) is 0 Å². The van der Waals surface area contributed by atoms with Gasteiger partial charge < -0.3 is 10.6 Å². The van der Waals surface area contributed by atoms with E-state index >= 15 is 0 Å². The molecule has 16 heavy (non-hydrogen) atoms. The summed E-state index contributed by atoms with van der Waals surface area (Å²) >= 11 is 0. The summed E-state index contributed by atoms with van der Waals surface area (Å²) in [5.74, 6) is 0.0144. The van der Waals surface area contributed by atoms with Gasteiger partial charge in [0.25, 0.3) is 5.91 Å². The zero-order valence-corrected chi connectivity index (χ0v) is 10.0. The second-order valence-corrected chi connectivity index (χ2v) is 5.01. The summed E-state index contributed by atoms with van der Waals surface area (Å²) in [6.45, 7) is 4.34. The average Bonchev–Trinajstić information content (AvgIpc) is 2.85. The van der Waals surface area contributed by atoms with Crippen molar-refractivity contribution >= 4 is 11.6 Å². The van der Waals surface area contributed by atoms with Crippen molar-refractivity contribution < 1.29 is 4.79 Å². The highest BCUT2D eigenvalue weighted by atomic mass is 16.1. The van der Waals surface area contributed by atoms with Gasteiger partial charge in [-0.05, 0) is 24.0 Å². The molecule has 0 heterocycles. The van der Waals surface area contributed by atoms with Crippen LogP contribution in [0.15, 0.2) is 24.3 Å². The van der Waals surface area contributed by atoms with Crippen LogP contribution in [0.5, 0.6) is 0 Å². The molecule has 0 bridgehead atoms. The Kier molecular flexibility index (Phi) is 2.62. The zero-order chi connectivity index (χ0) is 11.8. The van der Waals surface area contributed by atoms with E-state index in [1.165, 1.54) is 0 Å². The van der Waals surface area contributed by atoms with Gasteiger partial charge in [-0.15, -0.1) is 0 Å². The van der Waals surface area contributed by atoms with Gasteiger partial charge in [0.2, 0.25) is 0 Å². The van der Waals surface area contributed by atoms with Gasteiger partial charge in [0.1, 0.15) is 0 Å². The van der Waals surface area contributed by atoms with E-state index in [4.69, 9.17) is 0 Å². The highest BCUT2D eigenvalue weighted by molar-refractivity contribution is 5.99. The Morgan fingerprint density at radius 1 is 1.38 bits per heavy atom. The van der Waals surface area contributed by atoms with Crippen LogP contribution in [-0.2, 0) is 0 Å². The van der Waals surface area contributed by atoms with Crippen LogP contribution in [0.25, 0.3) is 0 Å². The molecule has 1 aromatic carbocycles. The zero-order valence-electron chi connectivity index (χ0n) is 10.0. The molecular formula is C13H18N2O. The van der Waals surface area contributed by atoms with Gasteiger partial charge in [0.15, 0.2) is 0 Å². The van der Waals surface area contributed by atoms with Crippen LogP contribution in [0, 0.1) is 5.41 Å². The van der Waals surface area contributed by atoms with Crippen molar-refractivity contribution in [1.82, 2.24) is 5.32 Å². The number of carbonyl (C=O) groups is 1. The van der Waals surface area contributed by atoms with E-state index < -0.39 is 0 Å². The van der Waals surface area contributed by atoms with Crippen LogP contribution < -0.4 is 10.6 Å². The van der Waals surface area contributed by atoms with Crippen molar-refractivity contribution in [3.63, 3.8) is 0 Å². The van der Waals surface area contributed by atoms with Gasteiger partial charge in [0, 0.05) is 18.8 Å². The van der Waals surface area contributed by atoms with Crippen molar-refractivity contribution in [1.29, 1.82) is 0 Å². The first kappa shape index (κ1) is 11.0. The standard InChI is InChI=1S/C13H18N2O/c1-13(2)8-11(13)15-12(16)9-6-4-5-7-10(9)14-3/h4-7,11,14H,8H2,1-3H3,(H,15,16).